The van der Waals surface area contributed by atoms with Crippen molar-refractivity contribution in [3.05, 3.63) is 53.2 Å². The van der Waals surface area contributed by atoms with Crippen molar-refractivity contribution in [2.75, 3.05) is 44.7 Å². The lowest BCUT2D eigenvalue weighted by atomic mass is 10.1. The van der Waals surface area contributed by atoms with E-state index >= 15 is 0 Å². The van der Waals surface area contributed by atoms with Crippen LogP contribution in [-0.2, 0) is 13.1 Å². The summed E-state index contributed by atoms with van der Waals surface area (Å²) in [4.78, 5) is 13.8. The first-order chi connectivity index (χ1) is 15.5. The van der Waals surface area contributed by atoms with Crippen LogP contribution in [0.3, 0.4) is 0 Å². The summed E-state index contributed by atoms with van der Waals surface area (Å²) < 4.78 is 30.1. The van der Waals surface area contributed by atoms with E-state index in [0.717, 1.165) is 43.1 Å². The molecule has 174 valence electrons. The van der Waals surface area contributed by atoms with Gasteiger partial charge in [-0.15, -0.1) is 0 Å². The number of nitrogens with zero attached hydrogens (tertiary/aromatic N) is 4. The molecule has 1 aliphatic rings. The molecule has 7 nitrogen and oxygen atoms in total. The van der Waals surface area contributed by atoms with Crippen LogP contribution in [0.4, 0.5) is 14.6 Å². The van der Waals surface area contributed by atoms with Crippen LogP contribution in [0.1, 0.15) is 23.6 Å². The van der Waals surface area contributed by atoms with Crippen molar-refractivity contribution >= 4 is 11.8 Å². The van der Waals surface area contributed by atoms with Crippen LogP contribution in [0.2, 0.25) is 0 Å². The summed E-state index contributed by atoms with van der Waals surface area (Å²) in [5, 5.41) is 6.56. The average Bonchev–Trinajstić information content (AvgIpc) is 2.78. The maximum Gasteiger partial charge on any atom is 0.387 e. The summed E-state index contributed by atoms with van der Waals surface area (Å²) in [6.45, 7) is 6.36. The smallest absolute Gasteiger partial charge is 0.387 e. The van der Waals surface area contributed by atoms with E-state index in [0.29, 0.717) is 24.6 Å². The number of aromatic nitrogens is 1. The van der Waals surface area contributed by atoms with Gasteiger partial charge in [0.15, 0.2) is 5.96 Å². The molecule has 1 aromatic heterocycles. The van der Waals surface area contributed by atoms with Gasteiger partial charge in [0.25, 0.3) is 0 Å². The van der Waals surface area contributed by atoms with Crippen LogP contribution in [0.5, 0.6) is 5.75 Å². The number of anilines is 1. The van der Waals surface area contributed by atoms with Crippen LogP contribution in [0.15, 0.2) is 41.5 Å². The van der Waals surface area contributed by atoms with Crippen molar-refractivity contribution in [3.8, 4) is 5.75 Å². The standard InChI is InChI=1S/C23H32F2N6O/c1-4-26-23(29-16-19-14-17(2)7-8-20(19)32-22(24)25)28-15-18-6-5-9-27-21(18)31-12-10-30(3)11-13-31/h5-9,14,22H,4,10-13,15-16H2,1-3H3,(H2,26,28,29). The van der Waals surface area contributed by atoms with Crippen molar-refractivity contribution in [2.45, 2.75) is 33.5 Å². The third-order valence-electron chi connectivity index (χ3n) is 5.30. The van der Waals surface area contributed by atoms with E-state index in [9.17, 15) is 8.78 Å². The molecule has 1 fully saturated rings. The molecule has 0 aliphatic carbocycles. The first-order valence-electron chi connectivity index (χ1n) is 10.9. The monoisotopic (exact) mass is 446 g/mol. The number of aryl methyl sites for hydroxylation is 1. The van der Waals surface area contributed by atoms with Crippen molar-refractivity contribution < 1.29 is 13.5 Å². The van der Waals surface area contributed by atoms with Crippen LogP contribution < -0.4 is 20.3 Å². The van der Waals surface area contributed by atoms with Crippen LogP contribution in [0.25, 0.3) is 0 Å². The van der Waals surface area contributed by atoms with Gasteiger partial charge in [-0.1, -0.05) is 23.8 Å². The average molecular weight is 447 g/mol. The number of likely N-dealkylation sites (N-methyl/N-ethyl adjacent to an activating group) is 1. The van der Waals surface area contributed by atoms with E-state index in [1.165, 1.54) is 0 Å². The Labute approximate surface area is 188 Å². The number of rotatable bonds is 8. The van der Waals surface area contributed by atoms with Crippen molar-refractivity contribution in [1.29, 1.82) is 0 Å². The number of guanidine groups is 1. The lowest BCUT2D eigenvalue weighted by molar-refractivity contribution is -0.0504. The second-order valence-electron chi connectivity index (χ2n) is 7.81. The van der Waals surface area contributed by atoms with E-state index in [4.69, 9.17) is 0 Å². The summed E-state index contributed by atoms with van der Waals surface area (Å²) in [6.07, 6.45) is 1.82. The number of nitrogens with one attached hydrogen (secondary N) is 2. The predicted molar refractivity (Wildman–Crippen MR) is 123 cm³/mol. The van der Waals surface area contributed by atoms with Gasteiger partial charge in [-0.2, -0.15) is 8.78 Å². The number of hydrogen-bond donors (Lipinski definition) is 2. The summed E-state index contributed by atoms with van der Waals surface area (Å²) in [5.74, 6) is 1.73. The van der Waals surface area contributed by atoms with E-state index in [1.807, 2.05) is 32.2 Å². The van der Waals surface area contributed by atoms with E-state index in [1.54, 1.807) is 12.1 Å². The van der Waals surface area contributed by atoms with E-state index in [2.05, 4.69) is 48.3 Å². The summed E-state index contributed by atoms with van der Waals surface area (Å²) in [7, 11) is 2.13. The maximum atomic E-state index is 12.7. The maximum absolute atomic E-state index is 12.7. The first-order valence-corrected chi connectivity index (χ1v) is 10.9. The van der Waals surface area contributed by atoms with Gasteiger partial charge in [0.1, 0.15) is 11.6 Å². The van der Waals surface area contributed by atoms with Crippen LogP contribution >= 0.6 is 0 Å². The molecule has 2 N–H and O–H groups in total. The van der Waals surface area contributed by atoms with Gasteiger partial charge in [-0.25, -0.2) is 9.98 Å². The van der Waals surface area contributed by atoms with E-state index < -0.39 is 6.61 Å². The van der Waals surface area contributed by atoms with Crippen molar-refractivity contribution in [1.82, 2.24) is 20.5 Å². The molecule has 1 saturated heterocycles. The Hall–Kier alpha value is -2.94. The molecular formula is C23H32F2N6O. The van der Waals surface area contributed by atoms with Gasteiger partial charge in [0, 0.05) is 56.6 Å². The molecule has 2 aromatic rings. The molecule has 0 spiro atoms. The normalized spacial score (nSPS) is 15.2. The second-order valence-corrected chi connectivity index (χ2v) is 7.81. The van der Waals surface area contributed by atoms with Gasteiger partial charge in [0.05, 0.1) is 6.54 Å². The molecule has 0 amide bonds. The van der Waals surface area contributed by atoms with Crippen LogP contribution in [-0.4, -0.2) is 62.2 Å². The Morgan fingerprint density at radius 2 is 1.94 bits per heavy atom. The number of aliphatic imine (C=N–C) groups is 1. The SMILES string of the molecule is CCNC(=NCc1cc(C)ccc1OC(F)F)NCc1cccnc1N1CCN(C)CC1. The minimum atomic E-state index is -2.87. The fourth-order valence-electron chi connectivity index (χ4n) is 3.60. The number of alkyl halides is 2. The predicted octanol–water partition coefficient (Wildman–Crippen LogP) is 3.00. The van der Waals surface area contributed by atoms with Gasteiger partial charge in [0.2, 0.25) is 0 Å². The number of pyridine rings is 1. The Kier molecular flexibility index (Phi) is 8.61. The third-order valence-corrected chi connectivity index (χ3v) is 5.30. The number of piperazine rings is 1. The molecule has 1 aliphatic heterocycles. The molecule has 32 heavy (non-hydrogen) atoms. The summed E-state index contributed by atoms with van der Waals surface area (Å²) in [5.41, 5.74) is 2.66. The Morgan fingerprint density at radius 3 is 2.66 bits per heavy atom. The molecule has 0 atom stereocenters. The van der Waals surface area contributed by atoms with Gasteiger partial charge in [-0.05, 0) is 33.0 Å². The molecule has 0 unspecified atom stereocenters. The Bertz CT molecular complexity index is 900. The molecular weight excluding hydrogens is 414 g/mol. The zero-order valence-electron chi connectivity index (χ0n) is 18.9. The highest BCUT2D eigenvalue weighted by Crippen LogP contribution is 2.23. The first kappa shape index (κ1) is 23.7. The minimum Gasteiger partial charge on any atom is -0.434 e. The van der Waals surface area contributed by atoms with Crippen molar-refractivity contribution in [2.24, 2.45) is 4.99 Å². The van der Waals surface area contributed by atoms with Gasteiger partial charge in [-0.3, -0.25) is 0 Å². The van der Waals surface area contributed by atoms with Crippen LogP contribution in [0, 0.1) is 6.92 Å². The van der Waals surface area contributed by atoms with E-state index in [-0.39, 0.29) is 12.3 Å². The topological polar surface area (TPSA) is 65.0 Å². The number of hydrogen-bond acceptors (Lipinski definition) is 5. The molecule has 0 radical (unpaired) electrons. The molecule has 0 bridgehead atoms. The Balaban J connectivity index is 1.71. The largest absolute Gasteiger partial charge is 0.434 e. The molecule has 1 aromatic carbocycles. The third kappa shape index (κ3) is 6.78. The fourth-order valence-corrected chi connectivity index (χ4v) is 3.60. The van der Waals surface area contributed by atoms with Crippen molar-refractivity contribution in [3.63, 3.8) is 0 Å². The van der Waals surface area contributed by atoms with Gasteiger partial charge >= 0.3 is 6.61 Å². The molecule has 3 rings (SSSR count). The fraction of sp³-hybridized carbons (Fsp3) is 0.478. The zero-order chi connectivity index (χ0) is 22.9. The summed E-state index contributed by atoms with van der Waals surface area (Å²) >= 11 is 0. The Morgan fingerprint density at radius 1 is 1.16 bits per heavy atom. The zero-order valence-corrected chi connectivity index (χ0v) is 18.9. The number of ether oxygens (including phenoxy) is 1. The highest BCUT2D eigenvalue weighted by atomic mass is 19.3. The highest BCUT2D eigenvalue weighted by Gasteiger charge is 2.18. The molecule has 0 saturated carbocycles. The van der Waals surface area contributed by atoms with Gasteiger partial charge < -0.3 is 25.2 Å². The quantitative estimate of drug-likeness (QED) is 0.480. The minimum absolute atomic E-state index is 0.148. The second kappa shape index (κ2) is 11.6. The molecule has 2 heterocycles. The molecule has 9 heteroatoms. The lowest BCUT2D eigenvalue weighted by Crippen LogP contribution is -2.45. The highest BCUT2D eigenvalue weighted by molar-refractivity contribution is 5.80. The lowest BCUT2D eigenvalue weighted by Gasteiger charge is -2.34. The summed E-state index contributed by atoms with van der Waals surface area (Å²) in [6, 6.07) is 9.12. The number of halogens is 2. The number of benzene rings is 1.